The number of anilines is 1. The Morgan fingerprint density at radius 3 is 2.50 bits per heavy atom. The van der Waals surface area contributed by atoms with Gasteiger partial charge in [-0.25, -0.2) is 8.42 Å². The number of nitrogens with one attached hydrogen (secondary N) is 1. The zero-order valence-corrected chi connectivity index (χ0v) is 19.5. The molecule has 1 N–H and O–H groups in total. The molecule has 0 unspecified atom stereocenters. The monoisotopic (exact) mass is 500 g/mol. The summed E-state index contributed by atoms with van der Waals surface area (Å²) < 4.78 is 45.4. The number of carbonyl (C=O) groups excluding carboxylic acids is 1. The second kappa shape index (κ2) is 9.08. The fraction of sp³-hybridized carbons (Fsp3) is 0.208. The van der Waals surface area contributed by atoms with Gasteiger partial charge in [0.15, 0.2) is 17.6 Å². The lowest BCUT2D eigenvalue weighted by molar-refractivity contribution is -0.128. The Morgan fingerprint density at radius 1 is 0.971 bits per heavy atom. The molecule has 1 amide bonds. The summed E-state index contributed by atoms with van der Waals surface area (Å²) in [6.45, 7) is 0.242. The maximum Gasteiger partial charge on any atom is 0.264 e. The fourth-order valence-corrected chi connectivity index (χ4v) is 5.46. The predicted octanol–water partition coefficient (Wildman–Crippen LogP) is 3.25. The number of hydrogen-bond donors (Lipinski definition) is 1. The number of rotatable bonds is 5. The highest BCUT2D eigenvalue weighted by Crippen LogP contribution is 2.39. The first-order valence-corrected chi connectivity index (χ1v) is 12.4. The molecule has 0 saturated carbocycles. The topological polar surface area (TPSA) is 94.2 Å². The SMILES string of the molecule is O=C(NC[C@@H]1COc2ccccc2O1)[C@@H]1CN(S(=O)(=O)c2ccccc2)c2cc(Cl)ccc2O1. The van der Waals surface area contributed by atoms with Crippen LogP contribution in [-0.2, 0) is 14.8 Å². The highest BCUT2D eigenvalue weighted by atomic mass is 35.5. The molecular weight excluding hydrogens is 480 g/mol. The van der Waals surface area contributed by atoms with Crippen molar-refractivity contribution in [1.82, 2.24) is 5.32 Å². The average Bonchev–Trinajstić information content (AvgIpc) is 2.87. The largest absolute Gasteiger partial charge is 0.486 e. The van der Waals surface area contributed by atoms with Crippen LogP contribution in [0.2, 0.25) is 5.02 Å². The van der Waals surface area contributed by atoms with Crippen LogP contribution in [0.4, 0.5) is 5.69 Å². The molecule has 8 nitrogen and oxygen atoms in total. The summed E-state index contributed by atoms with van der Waals surface area (Å²) in [7, 11) is -3.96. The molecule has 2 aliphatic heterocycles. The van der Waals surface area contributed by atoms with Crippen molar-refractivity contribution in [3.05, 3.63) is 77.8 Å². The van der Waals surface area contributed by atoms with E-state index in [-0.39, 0.29) is 36.0 Å². The summed E-state index contributed by atoms with van der Waals surface area (Å²) >= 11 is 6.13. The van der Waals surface area contributed by atoms with E-state index in [0.29, 0.717) is 16.5 Å². The normalized spacial score (nSPS) is 19.0. The van der Waals surface area contributed by atoms with Crippen molar-refractivity contribution in [2.24, 2.45) is 0 Å². The number of halogens is 1. The number of hydrogen-bond acceptors (Lipinski definition) is 6. The minimum Gasteiger partial charge on any atom is -0.486 e. The molecule has 0 aromatic heterocycles. The molecule has 5 rings (SSSR count). The number of fused-ring (bicyclic) bond motifs is 2. The molecule has 2 atom stereocenters. The molecule has 0 spiro atoms. The maximum absolute atomic E-state index is 13.4. The summed E-state index contributed by atoms with van der Waals surface area (Å²) in [4.78, 5) is 13.1. The van der Waals surface area contributed by atoms with Gasteiger partial charge < -0.3 is 19.5 Å². The van der Waals surface area contributed by atoms with Gasteiger partial charge in [0, 0.05) is 5.02 Å². The molecular formula is C24H21ClN2O6S. The highest BCUT2D eigenvalue weighted by molar-refractivity contribution is 7.92. The van der Waals surface area contributed by atoms with Crippen LogP contribution < -0.4 is 23.8 Å². The van der Waals surface area contributed by atoms with Gasteiger partial charge in [0.2, 0.25) is 0 Å². The van der Waals surface area contributed by atoms with Crippen LogP contribution in [0.1, 0.15) is 0 Å². The van der Waals surface area contributed by atoms with Gasteiger partial charge in [-0.15, -0.1) is 0 Å². The van der Waals surface area contributed by atoms with E-state index < -0.39 is 28.1 Å². The van der Waals surface area contributed by atoms with E-state index >= 15 is 0 Å². The maximum atomic E-state index is 13.4. The van der Waals surface area contributed by atoms with Crippen molar-refractivity contribution in [3.8, 4) is 17.2 Å². The van der Waals surface area contributed by atoms with Gasteiger partial charge in [-0.2, -0.15) is 0 Å². The third kappa shape index (κ3) is 4.36. The van der Waals surface area contributed by atoms with Crippen LogP contribution in [0.5, 0.6) is 17.2 Å². The van der Waals surface area contributed by atoms with Gasteiger partial charge in [0.05, 0.1) is 23.7 Å². The standard InChI is InChI=1S/C24H21ClN2O6S/c25-16-10-11-20-19(12-16)27(34(29,30)18-6-2-1-3-7-18)14-23(33-20)24(28)26-13-17-15-31-21-8-4-5-9-22(21)32-17/h1-12,17,23H,13-15H2,(H,26,28)/t17-,23+/m1/s1. The highest BCUT2D eigenvalue weighted by Gasteiger charge is 2.38. The van der Waals surface area contributed by atoms with Crippen LogP contribution in [0.25, 0.3) is 0 Å². The summed E-state index contributed by atoms with van der Waals surface area (Å²) in [6.07, 6.45) is -1.46. The van der Waals surface area contributed by atoms with E-state index in [0.717, 1.165) is 4.31 Å². The molecule has 2 aliphatic rings. The molecule has 3 aromatic rings. The molecule has 34 heavy (non-hydrogen) atoms. The molecule has 0 radical (unpaired) electrons. The molecule has 2 heterocycles. The van der Waals surface area contributed by atoms with Gasteiger partial charge in [0.25, 0.3) is 15.9 Å². The lowest BCUT2D eigenvalue weighted by Gasteiger charge is -2.35. The first-order valence-electron chi connectivity index (χ1n) is 10.6. The third-order valence-electron chi connectivity index (χ3n) is 5.49. The number of benzene rings is 3. The molecule has 0 bridgehead atoms. The minimum absolute atomic E-state index is 0.105. The zero-order chi connectivity index (χ0) is 23.7. The van der Waals surface area contributed by atoms with Crippen LogP contribution in [0.15, 0.2) is 77.7 Å². The quantitative estimate of drug-likeness (QED) is 0.578. The van der Waals surface area contributed by atoms with E-state index in [9.17, 15) is 13.2 Å². The summed E-state index contributed by atoms with van der Waals surface area (Å²) in [6, 6.07) is 20.0. The predicted molar refractivity (Wildman–Crippen MR) is 126 cm³/mol. The summed E-state index contributed by atoms with van der Waals surface area (Å²) in [5.41, 5.74) is 0.279. The van der Waals surface area contributed by atoms with E-state index in [1.807, 2.05) is 18.2 Å². The Bertz CT molecular complexity index is 1320. The van der Waals surface area contributed by atoms with Crippen molar-refractivity contribution < 1.29 is 27.4 Å². The van der Waals surface area contributed by atoms with Crippen LogP contribution in [0, 0.1) is 0 Å². The molecule has 0 aliphatic carbocycles. The first kappa shape index (κ1) is 22.4. The van der Waals surface area contributed by atoms with Gasteiger partial charge >= 0.3 is 0 Å². The smallest absolute Gasteiger partial charge is 0.264 e. The van der Waals surface area contributed by atoms with Gasteiger partial charge in [-0.1, -0.05) is 41.9 Å². The minimum atomic E-state index is -3.96. The van der Waals surface area contributed by atoms with Crippen LogP contribution in [-0.4, -0.2) is 46.2 Å². The van der Waals surface area contributed by atoms with Gasteiger partial charge in [-0.05, 0) is 42.5 Å². The van der Waals surface area contributed by atoms with E-state index in [2.05, 4.69) is 5.32 Å². The van der Waals surface area contributed by atoms with Crippen molar-refractivity contribution >= 4 is 33.2 Å². The van der Waals surface area contributed by atoms with Crippen molar-refractivity contribution in [2.45, 2.75) is 17.1 Å². The van der Waals surface area contributed by atoms with E-state index in [1.54, 1.807) is 36.4 Å². The Labute approximate surface area is 202 Å². The number of para-hydroxylation sites is 2. The average molecular weight is 501 g/mol. The van der Waals surface area contributed by atoms with Crippen molar-refractivity contribution in [3.63, 3.8) is 0 Å². The third-order valence-corrected chi connectivity index (χ3v) is 7.51. The zero-order valence-electron chi connectivity index (χ0n) is 17.9. The molecule has 0 saturated heterocycles. The van der Waals surface area contributed by atoms with Gasteiger partial charge in [-0.3, -0.25) is 9.10 Å². The number of carbonyl (C=O) groups is 1. The number of sulfonamides is 1. The Balaban J connectivity index is 1.34. The Hall–Kier alpha value is -3.43. The lowest BCUT2D eigenvalue weighted by Crippen LogP contribution is -2.52. The van der Waals surface area contributed by atoms with Crippen molar-refractivity contribution in [2.75, 3.05) is 24.0 Å². The number of ether oxygens (including phenoxy) is 3. The second-order valence-corrected chi connectivity index (χ2v) is 10.1. The van der Waals surface area contributed by atoms with Crippen molar-refractivity contribution in [1.29, 1.82) is 0 Å². The molecule has 10 heteroatoms. The second-order valence-electron chi connectivity index (χ2n) is 7.81. The Kier molecular flexibility index (Phi) is 5.97. The van der Waals surface area contributed by atoms with E-state index in [1.165, 1.54) is 18.2 Å². The Morgan fingerprint density at radius 2 is 1.71 bits per heavy atom. The van der Waals surface area contributed by atoms with Gasteiger partial charge in [0.1, 0.15) is 18.5 Å². The first-order chi connectivity index (χ1) is 16.4. The fourth-order valence-electron chi connectivity index (χ4n) is 3.80. The number of nitrogens with zero attached hydrogens (tertiary/aromatic N) is 1. The van der Waals surface area contributed by atoms with E-state index in [4.69, 9.17) is 25.8 Å². The number of amides is 1. The molecule has 3 aromatic carbocycles. The van der Waals surface area contributed by atoms with Crippen LogP contribution in [0.3, 0.4) is 0 Å². The molecule has 0 fully saturated rings. The lowest BCUT2D eigenvalue weighted by atomic mass is 10.2. The molecule has 176 valence electrons. The summed E-state index contributed by atoms with van der Waals surface area (Å²) in [5, 5.41) is 3.15. The van der Waals surface area contributed by atoms with Crippen LogP contribution >= 0.6 is 11.6 Å². The summed E-state index contributed by atoms with van der Waals surface area (Å²) in [5.74, 6) is 1.04.